The normalized spacial score (nSPS) is 21.0. The van der Waals surface area contributed by atoms with Gasteiger partial charge in [0.25, 0.3) is 5.91 Å². The van der Waals surface area contributed by atoms with E-state index in [9.17, 15) is 4.79 Å². The van der Waals surface area contributed by atoms with Crippen molar-refractivity contribution >= 4 is 5.91 Å². The molecule has 1 unspecified atom stereocenters. The van der Waals surface area contributed by atoms with Crippen LogP contribution >= 0.6 is 0 Å². The highest BCUT2D eigenvalue weighted by atomic mass is 16.2. The molecule has 144 valence electrons. The van der Waals surface area contributed by atoms with Gasteiger partial charge in [-0.3, -0.25) is 9.48 Å². The number of amides is 1. The second-order valence-corrected chi connectivity index (χ2v) is 8.16. The summed E-state index contributed by atoms with van der Waals surface area (Å²) >= 11 is 0. The molecule has 27 heavy (non-hydrogen) atoms. The van der Waals surface area contributed by atoms with Crippen LogP contribution in [0.3, 0.4) is 0 Å². The van der Waals surface area contributed by atoms with E-state index in [1.807, 2.05) is 24.0 Å². The SMILES string of the molecule is Cc1cc(C)n(C2CCN(C(=O)c3cccc(CC4CCNCC4)c3)C2)n1. The van der Waals surface area contributed by atoms with Crippen LogP contribution in [-0.2, 0) is 6.42 Å². The molecule has 0 bridgehead atoms. The van der Waals surface area contributed by atoms with Crippen molar-refractivity contribution in [2.24, 2.45) is 5.92 Å². The fraction of sp³-hybridized carbons (Fsp3) is 0.545. The lowest BCUT2D eigenvalue weighted by Crippen LogP contribution is -2.30. The molecule has 2 fully saturated rings. The monoisotopic (exact) mass is 366 g/mol. The third kappa shape index (κ3) is 4.08. The summed E-state index contributed by atoms with van der Waals surface area (Å²) in [4.78, 5) is 15.0. The number of aryl methyl sites for hydroxylation is 2. The number of hydrogen-bond donors (Lipinski definition) is 1. The summed E-state index contributed by atoms with van der Waals surface area (Å²) in [5.74, 6) is 0.894. The van der Waals surface area contributed by atoms with Gasteiger partial charge in [0.1, 0.15) is 0 Å². The van der Waals surface area contributed by atoms with E-state index in [1.165, 1.54) is 24.1 Å². The third-order valence-electron chi connectivity index (χ3n) is 6.00. The Hall–Kier alpha value is -2.14. The zero-order chi connectivity index (χ0) is 18.8. The van der Waals surface area contributed by atoms with Crippen LogP contribution in [0.25, 0.3) is 0 Å². The summed E-state index contributed by atoms with van der Waals surface area (Å²) in [5.41, 5.74) is 4.34. The standard InChI is InChI=1S/C22H30N4O/c1-16-12-17(2)26(24-16)21-8-11-25(15-21)22(27)20-5-3-4-19(14-20)13-18-6-9-23-10-7-18/h3-5,12,14,18,21,23H,6-11,13,15H2,1-2H3. The Morgan fingerprint density at radius 2 is 2.00 bits per heavy atom. The summed E-state index contributed by atoms with van der Waals surface area (Å²) in [5, 5.41) is 8.03. The Bertz CT molecular complexity index is 806. The van der Waals surface area contributed by atoms with Crippen molar-refractivity contribution in [3.63, 3.8) is 0 Å². The number of aromatic nitrogens is 2. The van der Waals surface area contributed by atoms with E-state index in [0.717, 1.165) is 56.2 Å². The minimum atomic E-state index is 0.159. The third-order valence-corrected chi connectivity index (χ3v) is 6.00. The predicted octanol–water partition coefficient (Wildman–Crippen LogP) is 3.13. The van der Waals surface area contributed by atoms with Gasteiger partial charge in [0.15, 0.2) is 0 Å². The largest absolute Gasteiger partial charge is 0.336 e. The Morgan fingerprint density at radius 1 is 1.19 bits per heavy atom. The van der Waals surface area contributed by atoms with Gasteiger partial charge in [0.2, 0.25) is 0 Å². The Kier molecular flexibility index (Phi) is 5.30. The molecule has 4 rings (SSSR count). The number of likely N-dealkylation sites (tertiary alicyclic amines) is 1. The molecule has 2 saturated heterocycles. The molecule has 0 aliphatic carbocycles. The lowest BCUT2D eigenvalue weighted by atomic mass is 9.90. The molecule has 2 aliphatic rings. The summed E-state index contributed by atoms with van der Waals surface area (Å²) < 4.78 is 2.09. The van der Waals surface area contributed by atoms with Crippen LogP contribution in [0.2, 0.25) is 0 Å². The second-order valence-electron chi connectivity index (χ2n) is 8.16. The molecule has 1 aromatic heterocycles. The van der Waals surface area contributed by atoms with Gasteiger partial charge in [0.05, 0.1) is 11.7 Å². The van der Waals surface area contributed by atoms with Gasteiger partial charge in [-0.25, -0.2) is 0 Å². The molecular formula is C22H30N4O. The van der Waals surface area contributed by atoms with Crippen molar-refractivity contribution in [3.05, 3.63) is 52.8 Å². The number of nitrogens with zero attached hydrogens (tertiary/aromatic N) is 3. The first-order chi connectivity index (χ1) is 13.1. The highest BCUT2D eigenvalue weighted by Gasteiger charge is 2.29. The van der Waals surface area contributed by atoms with Crippen LogP contribution in [0.1, 0.15) is 52.6 Å². The van der Waals surface area contributed by atoms with Crippen LogP contribution in [0.15, 0.2) is 30.3 Å². The second kappa shape index (κ2) is 7.85. The average molecular weight is 367 g/mol. The van der Waals surface area contributed by atoms with Crippen molar-refractivity contribution in [2.75, 3.05) is 26.2 Å². The first-order valence-electron chi connectivity index (χ1n) is 10.2. The lowest BCUT2D eigenvalue weighted by Gasteiger charge is -2.23. The maximum atomic E-state index is 13.0. The number of carbonyl (C=O) groups is 1. The summed E-state index contributed by atoms with van der Waals surface area (Å²) in [7, 11) is 0. The van der Waals surface area contributed by atoms with E-state index >= 15 is 0 Å². The smallest absolute Gasteiger partial charge is 0.253 e. The lowest BCUT2D eigenvalue weighted by molar-refractivity contribution is 0.0786. The average Bonchev–Trinajstić information content (AvgIpc) is 3.28. The van der Waals surface area contributed by atoms with Crippen LogP contribution in [0.5, 0.6) is 0 Å². The molecule has 0 spiro atoms. The zero-order valence-electron chi connectivity index (χ0n) is 16.4. The number of piperidine rings is 1. The Labute approximate surface area is 161 Å². The van der Waals surface area contributed by atoms with Gasteiger partial charge >= 0.3 is 0 Å². The maximum absolute atomic E-state index is 13.0. The fourth-order valence-corrected chi connectivity index (χ4v) is 4.57. The zero-order valence-corrected chi connectivity index (χ0v) is 16.4. The van der Waals surface area contributed by atoms with Gasteiger partial charge in [-0.1, -0.05) is 12.1 Å². The molecule has 0 saturated carbocycles. The van der Waals surface area contributed by atoms with E-state index in [0.29, 0.717) is 6.04 Å². The molecule has 5 heteroatoms. The quantitative estimate of drug-likeness (QED) is 0.904. The Morgan fingerprint density at radius 3 is 2.74 bits per heavy atom. The van der Waals surface area contributed by atoms with Crippen LogP contribution < -0.4 is 5.32 Å². The van der Waals surface area contributed by atoms with Gasteiger partial charge < -0.3 is 10.2 Å². The molecule has 1 atom stereocenters. The van der Waals surface area contributed by atoms with E-state index in [2.05, 4.69) is 40.2 Å². The molecule has 1 amide bonds. The summed E-state index contributed by atoms with van der Waals surface area (Å²) in [6, 6.07) is 10.7. The van der Waals surface area contributed by atoms with Crippen LogP contribution in [-0.4, -0.2) is 46.8 Å². The van der Waals surface area contributed by atoms with Crippen LogP contribution in [0.4, 0.5) is 0 Å². The van der Waals surface area contributed by atoms with Crippen molar-refractivity contribution in [1.29, 1.82) is 0 Å². The molecular weight excluding hydrogens is 336 g/mol. The molecule has 5 nitrogen and oxygen atoms in total. The van der Waals surface area contributed by atoms with Crippen molar-refractivity contribution in [3.8, 4) is 0 Å². The Balaban J connectivity index is 1.42. The minimum absolute atomic E-state index is 0.159. The summed E-state index contributed by atoms with van der Waals surface area (Å²) in [6.07, 6.45) is 4.52. The maximum Gasteiger partial charge on any atom is 0.253 e. The van der Waals surface area contributed by atoms with Crippen LogP contribution in [0, 0.1) is 19.8 Å². The first-order valence-corrected chi connectivity index (χ1v) is 10.2. The molecule has 3 heterocycles. The molecule has 2 aromatic rings. The van der Waals surface area contributed by atoms with E-state index in [4.69, 9.17) is 0 Å². The first kappa shape index (κ1) is 18.2. The minimum Gasteiger partial charge on any atom is -0.336 e. The number of hydrogen-bond acceptors (Lipinski definition) is 3. The van der Waals surface area contributed by atoms with Gasteiger partial charge in [0, 0.05) is 24.3 Å². The highest BCUT2D eigenvalue weighted by molar-refractivity contribution is 5.94. The van der Waals surface area contributed by atoms with Gasteiger partial charge in [-0.2, -0.15) is 5.10 Å². The van der Waals surface area contributed by atoms with Crippen molar-refractivity contribution < 1.29 is 4.79 Å². The van der Waals surface area contributed by atoms with E-state index in [1.54, 1.807) is 0 Å². The highest BCUT2D eigenvalue weighted by Crippen LogP contribution is 2.25. The molecule has 2 aliphatic heterocycles. The topological polar surface area (TPSA) is 50.2 Å². The molecule has 0 radical (unpaired) electrons. The number of rotatable bonds is 4. The van der Waals surface area contributed by atoms with Gasteiger partial charge in [-0.05, 0) is 82.3 Å². The number of carbonyl (C=O) groups excluding carboxylic acids is 1. The number of nitrogens with one attached hydrogen (secondary N) is 1. The van der Waals surface area contributed by atoms with Gasteiger partial charge in [-0.15, -0.1) is 0 Å². The predicted molar refractivity (Wildman–Crippen MR) is 107 cm³/mol. The molecule has 1 N–H and O–H groups in total. The fourth-order valence-electron chi connectivity index (χ4n) is 4.57. The van der Waals surface area contributed by atoms with E-state index in [-0.39, 0.29) is 5.91 Å². The summed E-state index contributed by atoms with van der Waals surface area (Å²) in [6.45, 7) is 7.90. The van der Waals surface area contributed by atoms with E-state index < -0.39 is 0 Å². The number of benzene rings is 1. The van der Waals surface area contributed by atoms with Crippen molar-refractivity contribution in [2.45, 2.75) is 45.6 Å². The van der Waals surface area contributed by atoms with Crippen molar-refractivity contribution in [1.82, 2.24) is 20.0 Å². The molecule has 1 aromatic carbocycles.